The standard InChI is InChI=1S/C9H19N3O/c1-8(13)10-4-5-12-7-6-11(3)9(12)2/h9H,4-7H2,1-3H3,(H,10,13). The highest BCUT2D eigenvalue weighted by Crippen LogP contribution is 2.09. The van der Waals surface area contributed by atoms with Gasteiger partial charge in [0, 0.05) is 33.1 Å². The molecule has 13 heavy (non-hydrogen) atoms. The topological polar surface area (TPSA) is 35.6 Å². The van der Waals surface area contributed by atoms with Gasteiger partial charge in [0.25, 0.3) is 0 Å². The maximum Gasteiger partial charge on any atom is 0.216 e. The van der Waals surface area contributed by atoms with Crippen LogP contribution in [0.3, 0.4) is 0 Å². The second-order valence-corrected chi connectivity index (χ2v) is 3.63. The number of amides is 1. The summed E-state index contributed by atoms with van der Waals surface area (Å²) in [6.07, 6.45) is 0.508. The molecule has 0 spiro atoms. The van der Waals surface area contributed by atoms with Crippen molar-refractivity contribution >= 4 is 5.91 Å². The summed E-state index contributed by atoms with van der Waals surface area (Å²) in [5.41, 5.74) is 0. The van der Waals surface area contributed by atoms with Crippen molar-refractivity contribution in [3.8, 4) is 0 Å². The van der Waals surface area contributed by atoms with Crippen molar-refractivity contribution in [1.82, 2.24) is 15.1 Å². The van der Waals surface area contributed by atoms with Crippen molar-refractivity contribution in [2.45, 2.75) is 20.0 Å². The van der Waals surface area contributed by atoms with E-state index in [1.165, 1.54) is 0 Å². The van der Waals surface area contributed by atoms with Gasteiger partial charge in [-0.1, -0.05) is 0 Å². The van der Waals surface area contributed by atoms with E-state index < -0.39 is 0 Å². The van der Waals surface area contributed by atoms with Crippen molar-refractivity contribution in [2.75, 3.05) is 33.2 Å². The molecular formula is C9H19N3O. The summed E-state index contributed by atoms with van der Waals surface area (Å²) in [7, 11) is 2.13. The summed E-state index contributed by atoms with van der Waals surface area (Å²) in [6.45, 7) is 7.69. The number of likely N-dealkylation sites (N-methyl/N-ethyl adjacent to an activating group) is 1. The van der Waals surface area contributed by atoms with Crippen LogP contribution in [-0.2, 0) is 4.79 Å². The maximum atomic E-state index is 10.6. The van der Waals surface area contributed by atoms with Gasteiger partial charge >= 0.3 is 0 Å². The lowest BCUT2D eigenvalue weighted by atomic mass is 10.4. The molecule has 1 heterocycles. The quantitative estimate of drug-likeness (QED) is 0.656. The average Bonchev–Trinajstić information content (AvgIpc) is 2.35. The smallest absolute Gasteiger partial charge is 0.216 e. The molecule has 0 aromatic carbocycles. The van der Waals surface area contributed by atoms with Crippen molar-refractivity contribution in [3.05, 3.63) is 0 Å². The summed E-state index contributed by atoms with van der Waals surface area (Å²) in [5, 5.41) is 2.81. The van der Waals surface area contributed by atoms with Gasteiger partial charge in [-0.25, -0.2) is 0 Å². The van der Waals surface area contributed by atoms with Crippen LogP contribution in [0.15, 0.2) is 0 Å². The van der Waals surface area contributed by atoms with Gasteiger partial charge < -0.3 is 5.32 Å². The van der Waals surface area contributed by atoms with Crippen LogP contribution in [0.2, 0.25) is 0 Å². The van der Waals surface area contributed by atoms with Gasteiger partial charge in [0.05, 0.1) is 6.17 Å². The number of carbonyl (C=O) groups excluding carboxylic acids is 1. The first-order valence-electron chi connectivity index (χ1n) is 4.80. The maximum absolute atomic E-state index is 10.6. The predicted octanol–water partition coefficient (Wildman–Crippen LogP) is -0.284. The zero-order valence-corrected chi connectivity index (χ0v) is 8.71. The Morgan fingerprint density at radius 1 is 1.54 bits per heavy atom. The van der Waals surface area contributed by atoms with Crippen molar-refractivity contribution in [1.29, 1.82) is 0 Å². The Hall–Kier alpha value is -0.610. The molecule has 0 bridgehead atoms. The average molecular weight is 185 g/mol. The molecular weight excluding hydrogens is 166 g/mol. The lowest BCUT2D eigenvalue weighted by molar-refractivity contribution is -0.119. The molecule has 0 saturated carbocycles. The SMILES string of the molecule is CC(=O)NCCN1CCN(C)C1C. The van der Waals surface area contributed by atoms with Gasteiger partial charge in [-0.3, -0.25) is 14.6 Å². The largest absolute Gasteiger partial charge is 0.355 e. The fourth-order valence-corrected chi connectivity index (χ4v) is 1.61. The molecule has 0 aromatic heterocycles. The van der Waals surface area contributed by atoms with Crippen LogP contribution in [0, 0.1) is 0 Å². The first kappa shape index (κ1) is 10.5. The molecule has 1 fully saturated rings. The lowest BCUT2D eigenvalue weighted by Crippen LogP contribution is -2.39. The van der Waals surface area contributed by atoms with Gasteiger partial charge in [-0.15, -0.1) is 0 Å². The number of carbonyl (C=O) groups is 1. The Balaban J connectivity index is 2.18. The second kappa shape index (κ2) is 4.58. The van der Waals surface area contributed by atoms with Crippen LogP contribution in [0.1, 0.15) is 13.8 Å². The number of rotatable bonds is 3. The lowest BCUT2D eigenvalue weighted by Gasteiger charge is -2.23. The Kier molecular flexibility index (Phi) is 3.69. The molecule has 1 aliphatic rings. The van der Waals surface area contributed by atoms with E-state index in [0.29, 0.717) is 6.17 Å². The molecule has 76 valence electrons. The number of nitrogens with one attached hydrogen (secondary N) is 1. The van der Waals surface area contributed by atoms with E-state index in [1.807, 2.05) is 0 Å². The molecule has 1 unspecified atom stereocenters. The highest BCUT2D eigenvalue weighted by atomic mass is 16.1. The van der Waals surface area contributed by atoms with Gasteiger partial charge in [0.2, 0.25) is 5.91 Å². The summed E-state index contributed by atoms with van der Waals surface area (Å²) >= 11 is 0. The van der Waals surface area contributed by atoms with Crippen molar-refractivity contribution in [3.63, 3.8) is 0 Å². The Bertz CT molecular complexity index is 184. The van der Waals surface area contributed by atoms with Crippen LogP contribution < -0.4 is 5.32 Å². The van der Waals surface area contributed by atoms with Crippen molar-refractivity contribution < 1.29 is 4.79 Å². The van der Waals surface area contributed by atoms with E-state index in [9.17, 15) is 4.79 Å². The third-order valence-corrected chi connectivity index (χ3v) is 2.68. The molecule has 4 nitrogen and oxygen atoms in total. The van der Waals surface area contributed by atoms with Crippen molar-refractivity contribution in [2.24, 2.45) is 0 Å². The van der Waals surface area contributed by atoms with Gasteiger partial charge in [-0.05, 0) is 14.0 Å². The van der Waals surface area contributed by atoms with E-state index in [2.05, 4.69) is 29.1 Å². The Labute approximate surface area is 79.9 Å². The highest BCUT2D eigenvalue weighted by molar-refractivity contribution is 5.72. The molecule has 1 amide bonds. The van der Waals surface area contributed by atoms with Crippen LogP contribution in [-0.4, -0.2) is 55.1 Å². The normalized spacial score (nSPS) is 25.0. The molecule has 1 rings (SSSR count). The predicted molar refractivity (Wildman–Crippen MR) is 52.3 cm³/mol. The molecule has 4 heteroatoms. The number of nitrogens with zero attached hydrogens (tertiary/aromatic N) is 2. The molecule has 1 aliphatic heterocycles. The Morgan fingerprint density at radius 3 is 2.69 bits per heavy atom. The molecule has 1 N–H and O–H groups in total. The number of hydrogen-bond acceptors (Lipinski definition) is 3. The third kappa shape index (κ3) is 2.97. The molecule has 1 atom stereocenters. The Morgan fingerprint density at radius 2 is 2.23 bits per heavy atom. The summed E-state index contributed by atoms with van der Waals surface area (Å²) in [4.78, 5) is 15.3. The first-order valence-corrected chi connectivity index (χ1v) is 4.80. The van der Waals surface area contributed by atoms with Crippen LogP contribution >= 0.6 is 0 Å². The van der Waals surface area contributed by atoms with Gasteiger partial charge in [0.15, 0.2) is 0 Å². The minimum atomic E-state index is 0.0557. The summed E-state index contributed by atoms with van der Waals surface area (Å²) in [5.74, 6) is 0.0557. The van der Waals surface area contributed by atoms with E-state index in [-0.39, 0.29) is 5.91 Å². The summed E-state index contributed by atoms with van der Waals surface area (Å²) in [6, 6.07) is 0. The number of hydrogen-bond donors (Lipinski definition) is 1. The van der Waals surface area contributed by atoms with E-state index >= 15 is 0 Å². The van der Waals surface area contributed by atoms with Gasteiger partial charge in [-0.2, -0.15) is 0 Å². The van der Waals surface area contributed by atoms with Crippen LogP contribution in [0.5, 0.6) is 0 Å². The summed E-state index contributed by atoms with van der Waals surface area (Å²) < 4.78 is 0. The zero-order valence-electron chi connectivity index (χ0n) is 8.71. The molecule has 1 saturated heterocycles. The van der Waals surface area contributed by atoms with Gasteiger partial charge in [0.1, 0.15) is 0 Å². The molecule has 0 aromatic rings. The molecule has 0 radical (unpaired) electrons. The van der Waals surface area contributed by atoms with Crippen LogP contribution in [0.25, 0.3) is 0 Å². The first-order chi connectivity index (χ1) is 6.11. The highest BCUT2D eigenvalue weighted by Gasteiger charge is 2.24. The monoisotopic (exact) mass is 185 g/mol. The fraction of sp³-hybridized carbons (Fsp3) is 0.889. The molecule has 0 aliphatic carbocycles. The second-order valence-electron chi connectivity index (χ2n) is 3.63. The fourth-order valence-electron chi connectivity index (χ4n) is 1.61. The van der Waals surface area contributed by atoms with Crippen LogP contribution in [0.4, 0.5) is 0 Å². The third-order valence-electron chi connectivity index (χ3n) is 2.68. The zero-order chi connectivity index (χ0) is 9.84. The van der Waals surface area contributed by atoms with E-state index in [4.69, 9.17) is 0 Å². The minimum absolute atomic E-state index is 0.0557. The van der Waals surface area contributed by atoms with E-state index in [0.717, 1.165) is 26.2 Å². The minimum Gasteiger partial charge on any atom is -0.355 e. The van der Waals surface area contributed by atoms with E-state index in [1.54, 1.807) is 6.92 Å².